The predicted octanol–water partition coefficient (Wildman–Crippen LogP) is 5.77. The van der Waals surface area contributed by atoms with Crippen molar-refractivity contribution in [1.29, 1.82) is 0 Å². The van der Waals surface area contributed by atoms with Gasteiger partial charge in [-0.15, -0.1) is 0 Å². The molecule has 0 radical (unpaired) electrons. The first kappa shape index (κ1) is 27.6. The monoisotopic (exact) mass is 671 g/mol. The second kappa shape index (κ2) is 10.9. The Bertz CT molecular complexity index is 1830. The number of benzene rings is 2. The minimum absolute atomic E-state index is 0.206. The maximum atomic E-state index is 13.9. The van der Waals surface area contributed by atoms with Gasteiger partial charge in [-0.05, 0) is 116 Å². The number of aromatic nitrogens is 2. The molecule has 39 heavy (non-hydrogen) atoms. The van der Waals surface area contributed by atoms with Gasteiger partial charge < -0.3 is 9.30 Å². The van der Waals surface area contributed by atoms with Crippen LogP contribution in [0.4, 0.5) is 0 Å². The third-order valence-corrected chi connectivity index (χ3v) is 9.30. The fourth-order valence-electron chi connectivity index (χ4n) is 4.99. The number of fused-ring (bicyclic) bond motifs is 1. The maximum Gasteiger partial charge on any atom is 0.338 e. The van der Waals surface area contributed by atoms with Crippen LogP contribution in [0.15, 0.2) is 69.6 Å². The van der Waals surface area contributed by atoms with Crippen molar-refractivity contribution in [2.75, 3.05) is 6.61 Å². The van der Waals surface area contributed by atoms with E-state index in [-0.39, 0.29) is 12.2 Å². The quantitative estimate of drug-likeness (QED) is 0.200. The summed E-state index contributed by atoms with van der Waals surface area (Å²) < 4.78 is 10.9. The Labute approximate surface area is 249 Å². The van der Waals surface area contributed by atoms with E-state index in [4.69, 9.17) is 16.3 Å². The fraction of sp³-hybridized carbons (Fsp3) is 0.233. The van der Waals surface area contributed by atoms with Crippen LogP contribution in [0.1, 0.15) is 48.0 Å². The number of ether oxygens (including phenoxy) is 1. The molecule has 6 nitrogen and oxygen atoms in total. The molecule has 9 heteroatoms. The molecule has 0 aliphatic carbocycles. The summed E-state index contributed by atoms with van der Waals surface area (Å²) in [6.07, 6.45) is 1.92. The molecular weight excluding hydrogens is 645 g/mol. The molecule has 3 heterocycles. The van der Waals surface area contributed by atoms with Crippen LogP contribution in [0.3, 0.4) is 0 Å². The van der Waals surface area contributed by atoms with Gasteiger partial charge in [-0.3, -0.25) is 9.36 Å². The Morgan fingerprint density at radius 1 is 1.13 bits per heavy atom. The van der Waals surface area contributed by atoms with E-state index < -0.39 is 12.0 Å². The van der Waals surface area contributed by atoms with E-state index in [0.29, 0.717) is 25.6 Å². The van der Waals surface area contributed by atoms with Gasteiger partial charge in [-0.1, -0.05) is 35.1 Å². The SMILES string of the molecule is CCOC(=O)C1=C(C)N=c2sc(=Cc3cc(C)n(-c4ccc(I)c(C)c4)c3C)c(=O)n2C1c1ccc(Cl)cc1. The summed E-state index contributed by atoms with van der Waals surface area (Å²) in [7, 11) is 0. The Morgan fingerprint density at radius 3 is 2.51 bits per heavy atom. The van der Waals surface area contributed by atoms with Crippen LogP contribution < -0.4 is 14.9 Å². The normalized spacial score (nSPS) is 15.4. The lowest BCUT2D eigenvalue weighted by Gasteiger charge is -2.24. The number of carbonyl (C=O) groups excluding carboxylic acids is 1. The summed E-state index contributed by atoms with van der Waals surface area (Å²) in [5, 5.41) is 0.572. The van der Waals surface area contributed by atoms with Gasteiger partial charge in [0, 0.05) is 25.7 Å². The van der Waals surface area contributed by atoms with Gasteiger partial charge in [0.25, 0.3) is 5.56 Å². The minimum Gasteiger partial charge on any atom is -0.463 e. The number of allylic oxidation sites excluding steroid dienone is 1. The summed E-state index contributed by atoms with van der Waals surface area (Å²) in [5.74, 6) is -0.482. The number of thiazole rings is 1. The van der Waals surface area contributed by atoms with Crippen molar-refractivity contribution in [3.63, 3.8) is 0 Å². The lowest BCUT2D eigenvalue weighted by atomic mass is 9.96. The summed E-state index contributed by atoms with van der Waals surface area (Å²) in [6, 6.07) is 15.0. The Kier molecular flexibility index (Phi) is 7.72. The average Bonchev–Trinajstić information content (AvgIpc) is 3.35. The molecule has 0 saturated heterocycles. The summed E-state index contributed by atoms with van der Waals surface area (Å²) in [6.45, 7) is 9.99. The second-order valence-electron chi connectivity index (χ2n) is 9.45. The van der Waals surface area contributed by atoms with Crippen molar-refractivity contribution in [1.82, 2.24) is 9.13 Å². The lowest BCUT2D eigenvalue weighted by Crippen LogP contribution is -2.39. The maximum absolute atomic E-state index is 13.9. The van der Waals surface area contributed by atoms with Crippen LogP contribution >= 0.6 is 45.5 Å². The lowest BCUT2D eigenvalue weighted by molar-refractivity contribution is -0.139. The topological polar surface area (TPSA) is 65.6 Å². The predicted molar refractivity (Wildman–Crippen MR) is 165 cm³/mol. The summed E-state index contributed by atoms with van der Waals surface area (Å²) >= 11 is 9.81. The standard InChI is InChI=1S/C30H27ClIN3O3S/c1-6-38-29(37)26-18(4)33-30-35(27(26)20-7-9-22(31)10-8-20)28(36)25(39-30)15-21-14-17(3)34(19(21)5)23-11-12-24(32)16(2)13-23/h7-15,27H,6H2,1-5H3. The van der Waals surface area contributed by atoms with Crippen molar-refractivity contribution < 1.29 is 9.53 Å². The van der Waals surface area contributed by atoms with E-state index in [2.05, 4.69) is 77.2 Å². The Balaban J connectivity index is 1.68. The third-order valence-electron chi connectivity index (χ3n) is 6.86. The zero-order chi connectivity index (χ0) is 28.0. The number of nitrogens with zero attached hydrogens (tertiary/aromatic N) is 3. The van der Waals surface area contributed by atoms with E-state index in [1.807, 2.05) is 18.2 Å². The fourth-order valence-corrected chi connectivity index (χ4v) is 6.49. The highest BCUT2D eigenvalue weighted by atomic mass is 127. The molecule has 4 aromatic rings. The van der Waals surface area contributed by atoms with Gasteiger partial charge in [-0.25, -0.2) is 9.79 Å². The van der Waals surface area contributed by atoms with Gasteiger partial charge in [0.15, 0.2) is 4.80 Å². The zero-order valence-corrected chi connectivity index (χ0v) is 25.9. The second-order valence-corrected chi connectivity index (χ2v) is 12.1. The number of esters is 1. The first-order valence-electron chi connectivity index (χ1n) is 12.5. The average molecular weight is 672 g/mol. The number of hydrogen-bond acceptors (Lipinski definition) is 5. The Hall–Kier alpha value is -2.95. The van der Waals surface area contributed by atoms with Crippen molar-refractivity contribution in [3.8, 4) is 5.69 Å². The van der Waals surface area contributed by atoms with Crippen LogP contribution in [-0.4, -0.2) is 21.7 Å². The van der Waals surface area contributed by atoms with E-state index in [1.165, 1.54) is 20.5 Å². The molecule has 1 unspecified atom stereocenters. The van der Waals surface area contributed by atoms with E-state index in [9.17, 15) is 9.59 Å². The summed E-state index contributed by atoms with van der Waals surface area (Å²) in [4.78, 5) is 32.2. The molecule has 200 valence electrons. The third kappa shape index (κ3) is 5.05. The highest BCUT2D eigenvalue weighted by Crippen LogP contribution is 2.31. The molecule has 1 aliphatic rings. The van der Waals surface area contributed by atoms with Crippen molar-refractivity contribution in [3.05, 3.63) is 116 Å². The molecule has 0 saturated carbocycles. The van der Waals surface area contributed by atoms with Crippen LogP contribution in [0.2, 0.25) is 5.02 Å². The zero-order valence-electron chi connectivity index (χ0n) is 22.2. The van der Waals surface area contributed by atoms with Crippen molar-refractivity contribution in [2.45, 2.75) is 40.7 Å². The molecule has 1 aliphatic heterocycles. The first-order chi connectivity index (χ1) is 18.6. The minimum atomic E-state index is -0.665. The van der Waals surface area contributed by atoms with Crippen LogP contribution in [0, 0.1) is 24.3 Å². The van der Waals surface area contributed by atoms with Gasteiger partial charge >= 0.3 is 5.97 Å². The number of carbonyl (C=O) groups is 1. The van der Waals surface area contributed by atoms with E-state index in [1.54, 1.807) is 30.5 Å². The van der Waals surface area contributed by atoms with E-state index >= 15 is 0 Å². The van der Waals surface area contributed by atoms with Gasteiger partial charge in [0.2, 0.25) is 0 Å². The van der Waals surface area contributed by atoms with Crippen LogP contribution in [-0.2, 0) is 9.53 Å². The number of rotatable bonds is 5. The number of aryl methyl sites for hydroxylation is 2. The van der Waals surface area contributed by atoms with Crippen molar-refractivity contribution >= 4 is 57.6 Å². The Morgan fingerprint density at radius 2 is 1.85 bits per heavy atom. The number of halogens is 2. The number of hydrogen-bond donors (Lipinski definition) is 0. The van der Waals surface area contributed by atoms with Gasteiger partial charge in [-0.2, -0.15) is 0 Å². The highest BCUT2D eigenvalue weighted by Gasteiger charge is 2.33. The largest absolute Gasteiger partial charge is 0.463 e. The molecule has 5 rings (SSSR count). The van der Waals surface area contributed by atoms with Gasteiger partial charge in [0.1, 0.15) is 0 Å². The molecular formula is C30H27ClIN3O3S. The molecule has 0 bridgehead atoms. The molecule has 2 aromatic carbocycles. The first-order valence-corrected chi connectivity index (χ1v) is 14.8. The smallest absolute Gasteiger partial charge is 0.338 e. The van der Waals surface area contributed by atoms with Crippen molar-refractivity contribution in [2.24, 2.45) is 4.99 Å². The molecule has 0 fully saturated rings. The molecule has 0 amide bonds. The van der Waals surface area contributed by atoms with Crippen LogP contribution in [0.5, 0.6) is 0 Å². The molecule has 1 atom stereocenters. The van der Waals surface area contributed by atoms with Crippen LogP contribution in [0.25, 0.3) is 11.8 Å². The molecule has 0 spiro atoms. The highest BCUT2D eigenvalue weighted by molar-refractivity contribution is 14.1. The van der Waals surface area contributed by atoms with Gasteiger partial charge in [0.05, 0.1) is 28.5 Å². The summed E-state index contributed by atoms with van der Waals surface area (Å²) in [5.41, 5.74) is 6.81. The molecule has 2 aromatic heterocycles. The van der Waals surface area contributed by atoms with E-state index in [0.717, 1.165) is 28.2 Å². The molecule has 0 N–H and O–H groups in total.